The molecule has 0 aromatic heterocycles. The predicted molar refractivity (Wildman–Crippen MR) is 76.1 cm³/mol. The smallest absolute Gasteiger partial charge is 0.407 e. The maximum atomic E-state index is 11.6. The molecule has 0 spiro atoms. The molecule has 1 fully saturated rings. The molecule has 0 atom stereocenters. The van der Waals surface area contributed by atoms with Crippen molar-refractivity contribution >= 4 is 6.09 Å². The lowest BCUT2D eigenvalue weighted by molar-refractivity contribution is 0.0523. The van der Waals surface area contributed by atoms with Crippen molar-refractivity contribution in [3.05, 3.63) is 35.4 Å². The molecule has 0 saturated heterocycles. The molecule has 0 radical (unpaired) electrons. The molecule has 104 valence electrons. The van der Waals surface area contributed by atoms with Gasteiger partial charge < -0.3 is 10.1 Å². The number of benzene rings is 1. The number of hydrogen-bond donors (Lipinski definition) is 1. The van der Waals surface area contributed by atoms with Gasteiger partial charge in [-0.15, -0.1) is 0 Å². The molecule has 19 heavy (non-hydrogen) atoms. The van der Waals surface area contributed by atoms with Crippen LogP contribution in [0, 0.1) is 0 Å². The summed E-state index contributed by atoms with van der Waals surface area (Å²) in [5.41, 5.74) is 2.09. The Morgan fingerprint density at radius 1 is 1.37 bits per heavy atom. The van der Waals surface area contributed by atoms with E-state index in [1.807, 2.05) is 26.8 Å². The van der Waals surface area contributed by atoms with Gasteiger partial charge in [0.2, 0.25) is 0 Å². The lowest BCUT2D eigenvalue weighted by atomic mass is 9.80. The van der Waals surface area contributed by atoms with Crippen molar-refractivity contribution in [3.63, 3.8) is 0 Å². The largest absolute Gasteiger partial charge is 0.444 e. The Hall–Kier alpha value is -1.51. The third-order valence-corrected chi connectivity index (χ3v) is 3.36. The van der Waals surface area contributed by atoms with Gasteiger partial charge in [-0.05, 0) is 50.7 Å². The highest BCUT2D eigenvalue weighted by Crippen LogP contribution is 2.36. The van der Waals surface area contributed by atoms with Crippen LogP contribution in [0.25, 0.3) is 0 Å². The van der Waals surface area contributed by atoms with E-state index in [4.69, 9.17) is 4.74 Å². The zero-order chi connectivity index (χ0) is 13.9. The van der Waals surface area contributed by atoms with Gasteiger partial charge in [-0.25, -0.2) is 4.79 Å². The molecular weight excluding hydrogens is 238 g/mol. The van der Waals surface area contributed by atoms with Crippen LogP contribution in [0.5, 0.6) is 0 Å². The highest BCUT2D eigenvalue weighted by atomic mass is 16.6. The molecule has 1 aliphatic rings. The molecule has 0 unspecified atom stereocenters. The summed E-state index contributed by atoms with van der Waals surface area (Å²) in [6.45, 7) is 6.12. The Labute approximate surface area is 115 Å². The molecule has 3 nitrogen and oxygen atoms in total. The number of amides is 1. The van der Waals surface area contributed by atoms with Crippen LogP contribution < -0.4 is 5.32 Å². The third kappa shape index (κ3) is 4.27. The summed E-state index contributed by atoms with van der Waals surface area (Å²) >= 11 is 0. The molecule has 1 aromatic carbocycles. The fourth-order valence-electron chi connectivity index (χ4n) is 2.19. The minimum absolute atomic E-state index is 0.360. The van der Waals surface area contributed by atoms with Crippen molar-refractivity contribution in [3.8, 4) is 0 Å². The molecule has 1 N–H and O–H groups in total. The van der Waals surface area contributed by atoms with E-state index in [1.165, 1.54) is 24.8 Å². The van der Waals surface area contributed by atoms with E-state index >= 15 is 0 Å². The first-order chi connectivity index (χ1) is 8.94. The fraction of sp³-hybridized carbons (Fsp3) is 0.562. The molecule has 1 amide bonds. The zero-order valence-electron chi connectivity index (χ0n) is 12.0. The number of alkyl carbamates (subject to hydrolysis) is 1. The van der Waals surface area contributed by atoms with Crippen molar-refractivity contribution in [2.45, 2.75) is 58.1 Å². The number of rotatable bonds is 3. The van der Waals surface area contributed by atoms with Crippen molar-refractivity contribution in [2.75, 3.05) is 0 Å². The van der Waals surface area contributed by atoms with E-state index in [2.05, 4.69) is 23.5 Å². The van der Waals surface area contributed by atoms with Gasteiger partial charge in [0, 0.05) is 6.54 Å². The van der Waals surface area contributed by atoms with Gasteiger partial charge in [0.25, 0.3) is 0 Å². The highest BCUT2D eigenvalue weighted by molar-refractivity contribution is 5.67. The van der Waals surface area contributed by atoms with Gasteiger partial charge >= 0.3 is 6.09 Å². The third-order valence-electron chi connectivity index (χ3n) is 3.36. The van der Waals surface area contributed by atoms with Crippen LogP contribution >= 0.6 is 0 Å². The Balaban J connectivity index is 1.87. The predicted octanol–water partition coefficient (Wildman–Crippen LogP) is 3.98. The Kier molecular flexibility index (Phi) is 4.13. The number of nitrogens with one attached hydrogen (secondary N) is 1. The Morgan fingerprint density at radius 3 is 2.68 bits per heavy atom. The van der Waals surface area contributed by atoms with Gasteiger partial charge in [0.15, 0.2) is 0 Å². The average Bonchev–Trinajstić information content (AvgIpc) is 2.22. The van der Waals surface area contributed by atoms with Gasteiger partial charge in [0.1, 0.15) is 5.60 Å². The van der Waals surface area contributed by atoms with E-state index in [0.717, 1.165) is 11.5 Å². The second-order valence-electron chi connectivity index (χ2n) is 6.23. The summed E-state index contributed by atoms with van der Waals surface area (Å²) in [6.07, 6.45) is 3.57. The molecule has 2 rings (SSSR count). The number of ether oxygens (including phenoxy) is 1. The lowest BCUT2D eigenvalue weighted by Crippen LogP contribution is -2.32. The molecule has 0 bridgehead atoms. The maximum Gasteiger partial charge on any atom is 0.407 e. The SMILES string of the molecule is CC(C)(C)OC(=O)NCc1cccc(C2CCC2)c1. The van der Waals surface area contributed by atoms with Crippen LogP contribution in [0.1, 0.15) is 57.1 Å². The summed E-state index contributed by atoms with van der Waals surface area (Å²) in [7, 11) is 0. The molecule has 1 aliphatic carbocycles. The molecule has 3 heteroatoms. The normalized spacial score (nSPS) is 15.7. The Bertz CT molecular complexity index is 444. The first-order valence-electron chi connectivity index (χ1n) is 7.00. The second kappa shape index (κ2) is 5.64. The van der Waals surface area contributed by atoms with Crippen LogP contribution in [0.2, 0.25) is 0 Å². The monoisotopic (exact) mass is 261 g/mol. The molecule has 0 heterocycles. The Morgan fingerprint density at radius 2 is 2.11 bits per heavy atom. The van der Waals surface area contributed by atoms with Gasteiger partial charge in [-0.3, -0.25) is 0 Å². The lowest BCUT2D eigenvalue weighted by Gasteiger charge is -2.26. The molecular formula is C16H23NO2. The minimum Gasteiger partial charge on any atom is -0.444 e. The molecule has 1 saturated carbocycles. The van der Waals surface area contributed by atoms with E-state index in [1.54, 1.807) is 0 Å². The summed E-state index contributed by atoms with van der Waals surface area (Å²) in [4.78, 5) is 11.6. The summed E-state index contributed by atoms with van der Waals surface area (Å²) in [5, 5.41) is 2.80. The van der Waals surface area contributed by atoms with Crippen LogP contribution in [0.15, 0.2) is 24.3 Å². The van der Waals surface area contributed by atoms with Crippen molar-refractivity contribution in [1.82, 2.24) is 5.32 Å². The van der Waals surface area contributed by atoms with Crippen LogP contribution in [0.4, 0.5) is 4.79 Å². The standard InChI is InChI=1S/C16H23NO2/c1-16(2,3)19-15(18)17-11-12-6-4-9-14(10-12)13-7-5-8-13/h4,6,9-10,13H,5,7-8,11H2,1-3H3,(H,17,18). The maximum absolute atomic E-state index is 11.6. The quantitative estimate of drug-likeness (QED) is 0.893. The number of carbonyl (C=O) groups excluding carboxylic acids is 1. The number of carbonyl (C=O) groups is 1. The van der Waals surface area contributed by atoms with Gasteiger partial charge in [-0.1, -0.05) is 30.7 Å². The van der Waals surface area contributed by atoms with E-state index in [9.17, 15) is 4.79 Å². The number of hydrogen-bond acceptors (Lipinski definition) is 2. The van der Waals surface area contributed by atoms with Crippen LogP contribution in [-0.2, 0) is 11.3 Å². The van der Waals surface area contributed by atoms with Crippen LogP contribution in [-0.4, -0.2) is 11.7 Å². The summed E-state index contributed by atoms with van der Waals surface area (Å²) in [5.74, 6) is 0.724. The first kappa shape index (κ1) is 13.9. The topological polar surface area (TPSA) is 38.3 Å². The zero-order valence-corrected chi connectivity index (χ0v) is 12.0. The fourth-order valence-corrected chi connectivity index (χ4v) is 2.19. The summed E-state index contributed by atoms with van der Waals surface area (Å²) in [6, 6.07) is 8.49. The van der Waals surface area contributed by atoms with Gasteiger partial charge in [-0.2, -0.15) is 0 Å². The van der Waals surface area contributed by atoms with Crippen molar-refractivity contribution in [1.29, 1.82) is 0 Å². The van der Waals surface area contributed by atoms with Crippen LogP contribution in [0.3, 0.4) is 0 Å². The molecule has 0 aliphatic heterocycles. The van der Waals surface area contributed by atoms with Gasteiger partial charge in [0.05, 0.1) is 0 Å². The second-order valence-corrected chi connectivity index (χ2v) is 6.23. The van der Waals surface area contributed by atoms with Crippen molar-refractivity contribution in [2.24, 2.45) is 0 Å². The van der Waals surface area contributed by atoms with E-state index in [0.29, 0.717) is 6.54 Å². The molecule has 1 aromatic rings. The van der Waals surface area contributed by atoms with E-state index < -0.39 is 5.60 Å². The van der Waals surface area contributed by atoms with E-state index in [-0.39, 0.29) is 6.09 Å². The highest BCUT2D eigenvalue weighted by Gasteiger charge is 2.19. The summed E-state index contributed by atoms with van der Waals surface area (Å²) < 4.78 is 5.22. The minimum atomic E-state index is -0.447. The van der Waals surface area contributed by atoms with Crippen molar-refractivity contribution < 1.29 is 9.53 Å². The average molecular weight is 261 g/mol. The first-order valence-corrected chi connectivity index (χ1v) is 7.00.